The van der Waals surface area contributed by atoms with Gasteiger partial charge < -0.3 is 4.74 Å². The van der Waals surface area contributed by atoms with Gasteiger partial charge in [0.1, 0.15) is 5.75 Å². The Morgan fingerprint density at radius 3 is 2.68 bits per heavy atom. The molecule has 0 saturated heterocycles. The average molecular weight is 494 g/mol. The molecule has 1 N–H and O–H groups in total. The Kier molecular flexibility index (Phi) is 6.44. The van der Waals surface area contributed by atoms with Crippen LogP contribution in [0.2, 0.25) is 0 Å². The highest BCUT2D eigenvalue weighted by molar-refractivity contribution is 9.11. The number of hydrogen-bond acceptors (Lipinski definition) is 5. The van der Waals surface area contributed by atoms with Gasteiger partial charge in [-0.25, -0.2) is 10.4 Å². The van der Waals surface area contributed by atoms with E-state index in [1.54, 1.807) is 6.21 Å². The predicted molar refractivity (Wildman–Crippen MR) is 130 cm³/mol. The van der Waals surface area contributed by atoms with E-state index in [0.717, 1.165) is 42.1 Å². The number of aryl methyl sites for hydroxylation is 1. The molecule has 2 aromatic heterocycles. The maximum Gasteiger partial charge on any atom is 0.272 e. The van der Waals surface area contributed by atoms with E-state index < -0.39 is 0 Å². The number of carbonyl (C=O) groups is 1. The summed E-state index contributed by atoms with van der Waals surface area (Å²) in [5.41, 5.74) is 6.62. The van der Waals surface area contributed by atoms with Gasteiger partial charge in [-0.1, -0.05) is 11.6 Å². The van der Waals surface area contributed by atoms with E-state index >= 15 is 0 Å². The fraction of sp³-hybridized carbons (Fsp3) is 0.125. The van der Waals surface area contributed by atoms with Crippen molar-refractivity contribution < 1.29 is 9.53 Å². The summed E-state index contributed by atoms with van der Waals surface area (Å²) in [6.45, 7) is 4.56. The standard InChI is InChI=1S/C24H20BrN3O2S/c1-3-30-17-7-5-16(6-8-17)22-13-20(19-12-15(2)4-10-21(19)27-22)24(29)28-26-14-18-9-11-23(25)31-18/h4-14H,3H2,1-2H3,(H,28,29). The number of thiophene rings is 1. The minimum Gasteiger partial charge on any atom is -0.494 e. The second-order valence-corrected chi connectivity index (χ2v) is 9.37. The maximum atomic E-state index is 13.0. The number of aromatic nitrogens is 1. The van der Waals surface area contributed by atoms with E-state index in [0.29, 0.717) is 12.2 Å². The summed E-state index contributed by atoms with van der Waals surface area (Å²) in [6.07, 6.45) is 1.63. The van der Waals surface area contributed by atoms with Crippen molar-refractivity contribution in [2.75, 3.05) is 6.61 Å². The Hall–Kier alpha value is -3.03. The highest BCUT2D eigenvalue weighted by Gasteiger charge is 2.14. The van der Waals surface area contributed by atoms with Crippen LogP contribution in [0.4, 0.5) is 0 Å². The number of amides is 1. The molecule has 0 aliphatic rings. The quantitative estimate of drug-likeness (QED) is 0.257. The van der Waals surface area contributed by atoms with E-state index in [-0.39, 0.29) is 5.91 Å². The highest BCUT2D eigenvalue weighted by atomic mass is 79.9. The molecule has 7 heteroatoms. The monoisotopic (exact) mass is 493 g/mol. The van der Waals surface area contributed by atoms with E-state index in [4.69, 9.17) is 9.72 Å². The molecule has 0 radical (unpaired) electrons. The number of nitrogens with one attached hydrogen (secondary N) is 1. The number of fused-ring (bicyclic) bond motifs is 1. The fourth-order valence-electron chi connectivity index (χ4n) is 3.18. The van der Waals surface area contributed by atoms with Gasteiger partial charge in [-0.05, 0) is 84.4 Å². The molecule has 0 unspecified atom stereocenters. The largest absolute Gasteiger partial charge is 0.494 e. The lowest BCUT2D eigenvalue weighted by atomic mass is 10.0. The third-order valence-corrected chi connectivity index (χ3v) is 6.18. The smallest absolute Gasteiger partial charge is 0.272 e. The number of carbonyl (C=O) groups excluding carboxylic acids is 1. The molecule has 4 rings (SSSR count). The third-order valence-electron chi connectivity index (χ3n) is 4.62. The molecule has 0 bridgehead atoms. The Bertz CT molecular complexity index is 1270. The Morgan fingerprint density at radius 2 is 1.97 bits per heavy atom. The number of halogens is 1. The van der Waals surface area contributed by atoms with Gasteiger partial charge in [0.15, 0.2) is 0 Å². The van der Waals surface area contributed by atoms with Gasteiger partial charge in [0.2, 0.25) is 0 Å². The molecular formula is C24H20BrN3O2S. The average Bonchev–Trinajstić information content (AvgIpc) is 3.18. The zero-order valence-corrected chi connectivity index (χ0v) is 19.5. The van der Waals surface area contributed by atoms with Crippen molar-refractivity contribution in [3.8, 4) is 17.0 Å². The predicted octanol–water partition coefficient (Wildman–Crippen LogP) is 6.20. The van der Waals surface area contributed by atoms with Crippen LogP contribution in [0.1, 0.15) is 27.7 Å². The number of benzene rings is 2. The van der Waals surface area contributed by atoms with Gasteiger partial charge in [0.05, 0.1) is 33.4 Å². The number of pyridine rings is 1. The van der Waals surface area contributed by atoms with Crippen LogP contribution in [0.25, 0.3) is 22.2 Å². The van der Waals surface area contributed by atoms with Crippen molar-refractivity contribution in [3.63, 3.8) is 0 Å². The fourth-order valence-corrected chi connectivity index (χ4v) is 4.47. The Morgan fingerprint density at radius 1 is 1.16 bits per heavy atom. The van der Waals surface area contributed by atoms with Crippen molar-refractivity contribution in [2.24, 2.45) is 5.10 Å². The van der Waals surface area contributed by atoms with Crippen LogP contribution in [0.15, 0.2) is 69.6 Å². The number of rotatable bonds is 6. The minimum atomic E-state index is -0.281. The van der Waals surface area contributed by atoms with Gasteiger partial charge in [0, 0.05) is 15.8 Å². The Labute approximate surface area is 192 Å². The van der Waals surface area contributed by atoms with Crippen LogP contribution in [-0.2, 0) is 0 Å². The van der Waals surface area contributed by atoms with Crippen molar-refractivity contribution in [3.05, 3.63) is 80.5 Å². The summed E-state index contributed by atoms with van der Waals surface area (Å²) >= 11 is 4.96. The minimum absolute atomic E-state index is 0.281. The molecule has 31 heavy (non-hydrogen) atoms. The lowest BCUT2D eigenvalue weighted by Crippen LogP contribution is -2.18. The molecular weight excluding hydrogens is 474 g/mol. The van der Waals surface area contributed by atoms with Crippen molar-refractivity contribution in [1.82, 2.24) is 10.4 Å². The molecule has 0 fully saturated rings. The summed E-state index contributed by atoms with van der Waals surface area (Å²) in [4.78, 5) is 18.7. The molecule has 0 spiro atoms. The first kappa shape index (κ1) is 21.2. The number of hydrazone groups is 1. The summed E-state index contributed by atoms with van der Waals surface area (Å²) in [7, 11) is 0. The van der Waals surface area contributed by atoms with Crippen LogP contribution >= 0.6 is 27.3 Å². The maximum absolute atomic E-state index is 13.0. The summed E-state index contributed by atoms with van der Waals surface area (Å²) in [6, 6.07) is 19.3. The first-order chi connectivity index (χ1) is 15.0. The zero-order valence-electron chi connectivity index (χ0n) is 17.1. The van der Waals surface area contributed by atoms with Gasteiger partial charge in [0.25, 0.3) is 5.91 Å². The first-order valence-electron chi connectivity index (χ1n) is 9.77. The molecule has 0 aliphatic carbocycles. The SMILES string of the molecule is CCOc1ccc(-c2cc(C(=O)NN=Cc3ccc(Br)s3)c3cc(C)ccc3n2)cc1. The van der Waals surface area contributed by atoms with E-state index in [9.17, 15) is 4.79 Å². The van der Waals surface area contributed by atoms with Crippen molar-refractivity contribution in [1.29, 1.82) is 0 Å². The van der Waals surface area contributed by atoms with Crippen molar-refractivity contribution >= 4 is 50.3 Å². The van der Waals surface area contributed by atoms with Gasteiger partial charge in [-0.15, -0.1) is 11.3 Å². The second-order valence-electron chi connectivity index (χ2n) is 6.87. The highest BCUT2D eigenvalue weighted by Crippen LogP contribution is 2.27. The second kappa shape index (κ2) is 9.41. The molecule has 0 aliphatic heterocycles. The van der Waals surface area contributed by atoms with Crippen LogP contribution in [-0.4, -0.2) is 23.7 Å². The lowest BCUT2D eigenvalue weighted by Gasteiger charge is -2.10. The summed E-state index contributed by atoms with van der Waals surface area (Å²) in [5.74, 6) is 0.521. The van der Waals surface area contributed by atoms with E-state index in [2.05, 4.69) is 26.5 Å². The molecule has 4 aromatic rings. The van der Waals surface area contributed by atoms with E-state index in [1.807, 2.05) is 74.5 Å². The molecule has 0 atom stereocenters. The van der Waals surface area contributed by atoms with Gasteiger partial charge in [-0.3, -0.25) is 4.79 Å². The van der Waals surface area contributed by atoms with Crippen LogP contribution in [0, 0.1) is 6.92 Å². The van der Waals surface area contributed by atoms with E-state index in [1.165, 1.54) is 11.3 Å². The van der Waals surface area contributed by atoms with Crippen LogP contribution in [0.5, 0.6) is 5.75 Å². The van der Waals surface area contributed by atoms with Crippen LogP contribution in [0.3, 0.4) is 0 Å². The zero-order chi connectivity index (χ0) is 21.8. The number of nitrogens with zero attached hydrogens (tertiary/aromatic N) is 2. The molecule has 2 heterocycles. The van der Waals surface area contributed by atoms with Crippen molar-refractivity contribution in [2.45, 2.75) is 13.8 Å². The van der Waals surface area contributed by atoms with Crippen LogP contribution < -0.4 is 10.2 Å². The summed E-state index contributed by atoms with van der Waals surface area (Å²) in [5, 5.41) is 4.92. The summed E-state index contributed by atoms with van der Waals surface area (Å²) < 4.78 is 6.53. The lowest BCUT2D eigenvalue weighted by molar-refractivity contribution is 0.0956. The molecule has 156 valence electrons. The van der Waals surface area contributed by atoms with Gasteiger partial charge >= 0.3 is 0 Å². The van der Waals surface area contributed by atoms with Gasteiger partial charge in [-0.2, -0.15) is 5.10 Å². The number of ether oxygens (including phenoxy) is 1. The third kappa shape index (κ3) is 5.00. The first-order valence-corrected chi connectivity index (χ1v) is 11.4. The Balaban J connectivity index is 1.69. The number of hydrogen-bond donors (Lipinski definition) is 1. The molecule has 5 nitrogen and oxygen atoms in total. The molecule has 2 aromatic carbocycles. The molecule has 0 saturated carbocycles. The molecule has 1 amide bonds. The normalized spacial score (nSPS) is 11.2. The topological polar surface area (TPSA) is 63.6 Å².